The standard InChI is InChI=1S/C11H20N2O/c1-2-10-8-13(7-9-3-4-9)6-5-11(10)12-14/h9-10,14H,2-8H2,1H3/b12-11+. The molecule has 0 aromatic carbocycles. The Balaban J connectivity index is 1.86. The molecule has 0 radical (unpaired) electrons. The number of hydrogen-bond donors (Lipinski definition) is 1. The van der Waals surface area contributed by atoms with Crippen LogP contribution in [0.15, 0.2) is 5.16 Å². The largest absolute Gasteiger partial charge is 0.411 e. The van der Waals surface area contributed by atoms with Gasteiger partial charge in [-0.05, 0) is 25.2 Å². The summed E-state index contributed by atoms with van der Waals surface area (Å²) in [4.78, 5) is 2.54. The van der Waals surface area contributed by atoms with Gasteiger partial charge in [0.05, 0.1) is 5.71 Å². The van der Waals surface area contributed by atoms with Crippen LogP contribution >= 0.6 is 0 Å². The van der Waals surface area contributed by atoms with Crippen molar-refractivity contribution >= 4 is 5.71 Å². The Kier molecular flexibility index (Phi) is 3.06. The van der Waals surface area contributed by atoms with Crippen molar-refractivity contribution < 1.29 is 5.21 Å². The molecule has 3 nitrogen and oxygen atoms in total. The highest BCUT2D eigenvalue weighted by atomic mass is 16.4. The van der Waals surface area contributed by atoms with Crippen LogP contribution in [0.5, 0.6) is 0 Å². The first-order valence-electron chi connectivity index (χ1n) is 5.76. The SMILES string of the molecule is CCC1CN(CC2CC2)CC/C1=N\O. The maximum absolute atomic E-state index is 8.84. The van der Waals surface area contributed by atoms with Crippen LogP contribution in [0.25, 0.3) is 0 Å². The van der Waals surface area contributed by atoms with Crippen molar-refractivity contribution in [1.29, 1.82) is 0 Å². The smallest absolute Gasteiger partial charge is 0.0627 e. The van der Waals surface area contributed by atoms with E-state index in [0.717, 1.165) is 37.6 Å². The third-order valence-electron chi connectivity index (χ3n) is 3.47. The van der Waals surface area contributed by atoms with Gasteiger partial charge >= 0.3 is 0 Å². The average Bonchev–Trinajstić information content (AvgIpc) is 3.01. The molecule has 3 heteroatoms. The molecule has 1 heterocycles. The molecule has 1 aliphatic heterocycles. The molecule has 0 amide bonds. The lowest BCUT2D eigenvalue weighted by molar-refractivity contribution is 0.220. The van der Waals surface area contributed by atoms with E-state index in [1.54, 1.807) is 0 Å². The summed E-state index contributed by atoms with van der Waals surface area (Å²) in [5.41, 5.74) is 1.01. The molecule has 80 valence electrons. The minimum absolute atomic E-state index is 0.493. The third kappa shape index (κ3) is 2.27. The predicted molar refractivity (Wildman–Crippen MR) is 56.8 cm³/mol. The fraction of sp³-hybridized carbons (Fsp3) is 0.909. The summed E-state index contributed by atoms with van der Waals surface area (Å²) in [5, 5.41) is 12.3. The topological polar surface area (TPSA) is 35.8 Å². The second-order valence-electron chi connectivity index (χ2n) is 4.65. The van der Waals surface area contributed by atoms with Crippen LogP contribution in [-0.2, 0) is 0 Å². The molecule has 0 aromatic heterocycles. The molecule has 0 bridgehead atoms. The van der Waals surface area contributed by atoms with Gasteiger partial charge < -0.3 is 10.1 Å². The minimum Gasteiger partial charge on any atom is -0.411 e. The van der Waals surface area contributed by atoms with Crippen molar-refractivity contribution in [3.8, 4) is 0 Å². The van der Waals surface area contributed by atoms with E-state index >= 15 is 0 Å². The molecule has 1 N–H and O–H groups in total. The minimum atomic E-state index is 0.493. The van der Waals surface area contributed by atoms with Gasteiger partial charge in [-0.25, -0.2) is 0 Å². The van der Waals surface area contributed by atoms with Gasteiger partial charge in [0.25, 0.3) is 0 Å². The van der Waals surface area contributed by atoms with E-state index in [-0.39, 0.29) is 0 Å². The fourth-order valence-corrected chi connectivity index (χ4v) is 2.31. The van der Waals surface area contributed by atoms with Crippen LogP contribution in [0.4, 0.5) is 0 Å². The van der Waals surface area contributed by atoms with Gasteiger partial charge in [-0.1, -0.05) is 12.1 Å². The van der Waals surface area contributed by atoms with Gasteiger partial charge in [-0.2, -0.15) is 0 Å². The molecule has 1 saturated carbocycles. The van der Waals surface area contributed by atoms with Gasteiger partial charge in [-0.3, -0.25) is 0 Å². The maximum atomic E-state index is 8.84. The van der Waals surface area contributed by atoms with Gasteiger partial charge in [0, 0.05) is 32.0 Å². The molecule has 1 aliphatic carbocycles. The van der Waals surface area contributed by atoms with Gasteiger partial charge in [0.1, 0.15) is 0 Å². The van der Waals surface area contributed by atoms with E-state index in [2.05, 4.69) is 17.0 Å². The summed E-state index contributed by atoms with van der Waals surface area (Å²) >= 11 is 0. The van der Waals surface area contributed by atoms with Crippen molar-refractivity contribution in [2.24, 2.45) is 17.0 Å². The number of nitrogens with zero attached hydrogens (tertiary/aromatic N) is 2. The molecule has 2 rings (SSSR count). The number of rotatable bonds is 3. The van der Waals surface area contributed by atoms with Crippen LogP contribution < -0.4 is 0 Å². The van der Waals surface area contributed by atoms with Crippen LogP contribution in [0.2, 0.25) is 0 Å². The van der Waals surface area contributed by atoms with E-state index in [0.29, 0.717) is 5.92 Å². The van der Waals surface area contributed by atoms with Crippen molar-refractivity contribution in [2.75, 3.05) is 19.6 Å². The van der Waals surface area contributed by atoms with Crippen molar-refractivity contribution in [3.05, 3.63) is 0 Å². The maximum Gasteiger partial charge on any atom is 0.0627 e. The van der Waals surface area contributed by atoms with E-state index < -0.39 is 0 Å². The zero-order valence-electron chi connectivity index (χ0n) is 8.95. The normalized spacial score (nSPS) is 32.4. The van der Waals surface area contributed by atoms with Crippen LogP contribution in [0.1, 0.15) is 32.6 Å². The second-order valence-corrected chi connectivity index (χ2v) is 4.65. The van der Waals surface area contributed by atoms with E-state index in [1.807, 2.05) is 0 Å². The van der Waals surface area contributed by atoms with E-state index in [9.17, 15) is 0 Å². The molecule has 1 unspecified atom stereocenters. The summed E-state index contributed by atoms with van der Waals surface area (Å²) < 4.78 is 0. The molecule has 1 atom stereocenters. The Labute approximate surface area is 85.8 Å². The van der Waals surface area contributed by atoms with Crippen LogP contribution in [0, 0.1) is 11.8 Å². The summed E-state index contributed by atoms with van der Waals surface area (Å²) in [6, 6.07) is 0. The zero-order valence-corrected chi connectivity index (χ0v) is 8.95. The first-order chi connectivity index (χ1) is 6.83. The van der Waals surface area contributed by atoms with Crippen LogP contribution in [0.3, 0.4) is 0 Å². The van der Waals surface area contributed by atoms with Crippen molar-refractivity contribution in [1.82, 2.24) is 4.90 Å². The summed E-state index contributed by atoms with van der Waals surface area (Å²) in [6.07, 6.45) is 4.91. The van der Waals surface area contributed by atoms with Crippen molar-refractivity contribution in [2.45, 2.75) is 32.6 Å². The quantitative estimate of drug-likeness (QED) is 0.553. The highest BCUT2D eigenvalue weighted by Crippen LogP contribution is 2.31. The monoisotopic (exact) mass is 196 g/mol. The molecular weight excluding hydrogens is 176 g/mol. The van der Waals surface area contributed by atoms with E-state index in [4.69, 9.17) is 5.21 Å². The molecular formula is C11H20N2O. The number of oxime groups is 1. The number of piperidine rings is 1. The summed E-state index contributed by atoms with van der Waals surface area (Å²) in [5.74, 6) is 1.47. The number of hydrogen-bond acceptors (Lipinski definition) is 3. The highest BCUT2D eigenvalue weighted by Gasteiger charge is 2.29. The molecule has 2 aliphatic rings. The number of likely N-dealkylation sites (tertiary alicyclic amines) is 1. The Bertz CT molecular complexity index is 223. The lowest BCUT2D eigenvalue weighted by Gasteiger charge is -2.32. The Morgan fingerprint density at radius 2 is 2.29 bits per heavy atom. The average molecular weight is 196 g/mol. The molecule has 1 saturated heterocycles. The third-order valence-corrected chi connectivity index (χ3v) is 3.47. The second kappa shape index (κ2) is 4.30. The van der Waals surface area contributed by atoms with Gasteiger partial charge in [0.2, 0.25) is 0 Å². The lowest BCUT2D eigenvalue weighted by atomic mass is 9.93. The Hall–Kier alpha value is -0.570. The first kappa shape index (κ1) is 9.97. The van der Waals surface area contributed by atoms with Gasteiger partial charge in [0.15, 0.2) is 0 Å². The van der Waals surface area contributed by atoms with Gasteiger partial charge in [-0.15, -0.1) is 0 Å². The van der Waals surface area contributed by atoms with Crippen molar-refractivity contribution in [3.63, 3.8) is 0 Å². The molecule has 0 spiro atoms. The summed E-state index contributed by atoms with van der Waals surface area (Å²) in [7, 11) is 0. The van der Waals surface area contributed by atoms with E-state index in [1.165, 1.54) is 19.4 Å². The molecule has 2 fully saturated rings. The van der Waals surface area contributed by atoms with Crippen LogP contribution in [-0.4, -0.2) is 35.5 Å². The molecule has 0 aromatic rings. The highest BCUT2D eigenvalue weighted by molar-refractivity contribution is 5.87. The zero-order chi connectivity index (χ0) is 9.97. The lowest BCUT2D eigenvalue weighted by Crippen LogP contribution is -2.41. The first-order valence-corrected chi connectivity index (χ1v) is 5.76. The fourth-order valence-electron chi connectivity index (χ4n) is 2.31. The summed E-state index contributed by atoms with van der Waals surface area (Å²) in [6.45, 7) is 5.64. The Morgan fingerprint density at radius 1 is 1.50 bits per heavy atom. The Morgan fingerprint density at radius 3 is 2.86 bits per heavy atom. The predicted octanol–water partition coefficient (Wildman–Crippen LogP) is 1.96. The molecule has 14 heavy (non-hydrogen) atoms.